The standard InChI is InChI=1S/C14H18F3N/c1-9-6-7-11(8-12(9)14(15,16)17)18-13-5-3-4-10(13)2/h6-8,10,13,18H,3-5H2,1-2H3. The van der Waals surface area contributed by atoms with Crippen LogP contribution in [0.4, 0.5) is 18.9 Å². The number of hydrogen-bond acceptors (Lipinski definition) is 1. The van der Waals surface area contributed by atoms with Crippen LogP contribution < -0.4 is 5.32 Å². The number of alkyl halides is 3. The van der Waals surface area contributed by atoms with E-state index in [0.717, 1.165) is 19.3 Å². The smallest absolute Gasteiger partial charge is 0.382 e. The Morgan fingerprint density at radius 3 is 2.50 bits per heavy atom. The van der Waals surface area contributed by atoms with Gasteiger partial charge in [0.25, 0.3) is 0 Å². The molecule has 0 radical (unpaired) electrons. The first-order valence-electron chi connectivity index (χ1n) is 6.32. The van der Waals surface area contributed by atoms with Crippen LogP contribution in [0.15, 0.2) is 18.2 Å². The monoisotopic (exact) mass is 257 g/mol. The summed E-state index contributed by atoms with van der Waals surface area (Å²) in [6, 6.07) is 4.79. The Labute approximate surface area is 105 Å². The highest BCUT2D eigenvalue weighted by Crippen LogP contribution is 2.34. The quantitative estimate of drug-likeness (QED) is 0.815. The molecule has 0 aliphatic heterocycles. The third kappa shape index (κ3) is 2.79. The van der Waals surface area contributed by atoms with E-state index in [2.05, 4.69) is 12.2 Å². The van der Waals surface area contributed by atoms with Crippen molar-refractivity contribution in [2.75, 3.05) is 5.32 Å². The van der Waals surface area contributed by atoms with Crippen LogP contribution in [-0.2, 0) is 6.18 Å². The molecule has 0 saturated heterocycles. The summed E-state index contributed by atoms with van der Waals surface area (Å²) in [4.78, 5) is 0. The zero-order chi connectivity index (χ0) is 13.3. The van der Waals surface area contributed by atoms with Crippen molar-refractivity contribution in [3.63, 3.8) is 0 Å². The molecule has 1 aliphatic carbocycles. The first kappa shape index (κ1) is 13.2. The summed E-state index contributed by atoms with van der Waals surface area (Å²) in [6.45, 7) is 3.63. The fourth-order valence-corrected chi connectivity index (χ4v) is 2.59. The van der Waals surface area contributed by atoms with Gasteiger partial charge in [-0.15, -0.1) is 0 Å². The minimum atomic E-state index is -4.27. The van der Waals surface area contributed by atoms with Crippen molar-refractivity contribution >= 4 is 5.69 Å². The average molecular weight is 257 g/mol. The van der Waals surface area contributed by atoms with Crippen molar-refractivity contribution < 1.29 is 13.2 Å². The van der Waals surface area contributed by atoms with Gasteiger partial charge >= 0.3 is 6.18 Å². The second-order valence-corrected chi connectivity index (χ2v) is 5.19. The van der Waals surface area contributed by atoms with Gasteiger partial charge in [0.05, 0.1) is 5.56 Å². The maximum atomic E-state index is 12.8. The molecule has 2 atom stereocenters. The summed E-state index contributed by atoms with van der Waals surface area (Å²) >= 11 is 0. The summed E-state index contributed by atoms with van der Waals surface area (Å²) in [7, 11) is 0. The van der Waals surface area contributed by atoms with Gasteiger partial charge in [-0.2, -0.15) is 13.2 Å². The maximum Gasteiger partial charge on any atom is 0.416 e. The molecule has 1 nitrogen and oxygen atoms in total. The second kappa shape index (κ2) is 4.82. The number of halogens is 3. The highest BCUT2D eigenvalue weighted by atomic mass is 19.4. The second-order valence-electron chi connectivity index (χ2n) is 5.19. The van der Waals surface area contributed by atoms with E-state index in [9.17, 15) is 13.2 Å². The van der Waals surface area contributed by atoms with Gasteiger partial charge in [-0.3, -0.25) is 0 Å². The summed E-state index contributed by atoms with van der Waals surface area (Å²) in [6.07, 6.45) is -0.939. The molecule has 1 aromatic rings. The molecule has 4 heteroatoms. The molecule has 1 aliphatic rings. The Bertz CT molecular complexity index is 426. The lowest BCUT2D eigenvalue weighted by Gasteiger charge is -2.20. The first-order chi connectivity index (χ1) is 8.38. The molecular formula is C14H18F3N. The lowest BCUT2D eigenvalue weighted by Crippen LogP contribution is -2.22. The van der Waals surface area contributed by atoms with Crippen LogP contribution in [0, 0.1) is 12.8 Å². The zero-order valence-corrected chi connectivity index (χ0v) is 10.6. The zero-order valence-electron chi connectivity index (χ0n) is 10.6. The van der Waals surface area contributed by atoms with Gasteiger partial charge in [0.15, 0.2) is 0 Å². The van der Waals surface area contributed by atoms with Crippen molar-refractivity contribution in [2.45, 2.75) is 45.3 Å². The van der Waals surface area contributed by atoms with E-state index in [4.69, 9.17) is 0 Å². The highest BCUT2D eigenvalue weighted by molar-refractivity contribution is 5.50. The lowest BCUT2D eigenvalue weighted by atomic mass is 10.0. The minimum absolute atomic E-state index is 0.271. The Balaban J connectivity index is 2.19. The van der Waals surface area contributed by atoms with Crippen LogP contribution in [-0.4, -0.2) is 6.04 Å². The van der Waals surface area contributed by atoms with Crippen molar-refractivity contribution in [1.82, 2.24) is 0 Å². The van der Waals surface area contributed by atoms with E-state index < -0.39 is 11.7 Å². The van der Waals surface area contributed by atoms with Crippen LogP contribution in [0.25, 0.3) is 0 Å². The lowest BCUT2D eigenvalue weighted by molar-refractivity contribution is -0.138. The van der Waals surface area contributed by atoms with Gasteiger partial charge in [-0.05, 0) is 43.4 Å². The molecule has 1 saturated carbocycles. The van der Waals surface area contributed by atoms with Crippen molar-refractivity contribution in [3.05, 3.63) is 29.3 Å². The largest absolute Gasteiger partial charge is 0.416 e. The summed E-state index contributed by atoms with van der Waals surface area (Å²) < 4.78 is 38.4. The molecule has 1 N–H and O–H groups in total. The van der Waals surface area contributed by atoms with Gasteiger partial charge in [0.1, 0.15) is 0 Å². The molecule has 2 unspecified atom stereocenters. The third-order valence-electron chi connectivity index (χ3n) is 3.76. The van der Waals surface area contributed by atoms with Gasteiger partial charge in [0, 0.05) is 11.7 Å². The topological polar surface area (TPSA) is 12.0 Å². The number of benzene rings is 1. The number of hydrogen-bond donors (Lipinski definition) is 1. The molecule has 2 rings (SSSR count). The fraction of sp³-hybridized carbons (Fsp3) is 0.571. The van der Waals surface area contributed by atoms with Crippen LogP contribution in [0.3, 0.4) is 0 Å². The molecule has 0 amide bonds. The minimum Gasteiger partial charge on any atom is -0.382 e. The fourth-order valence-electron chi connectivity index (χ4n) is 2.59. The number of anilines is 1. The van der Waals surface area contributed by atoms with E-state index in [-0.39, 0.29) is 5.56 Å². The Hall–Kier alpha value is -1.19. The SMILES string of the molecule is Cc1ccc(NC2CCCC2C)cc1C(F)(F)F. The normalized spacial score (nSPS) is 24.3. The molecule has 100 valence electrons. The van der Waals surface area contributed by atoms with E-state index in [1.807, 2.05) is 0 Å². The number of rotatable bonds is 2. The van der Waals surface area contributed by atoms with Crippen molar-refractivity contribution in [2.24, 2.45) is 5.92 Å². The summed E-state index contributed by atoms with van der Waals surface area (Å²) in [5, 5.41) is 3.23. The van der Waals surface area contributed by atoms with Crippen LogP contribution in [0.1, 0.15) is 37.3 Å². The molecule has 0 spiro atoms. The van der Waals surface area contributed by atoms with Gasteiger partial charge in [0.2, 0.25) is 0 Å². The van der Waals surface area contributed by atoms with Crippen molar-refractivity contribution in [3.8, 4) is 0 Å². The molecule has 1 aromatic carbocycles. The molecule has 0 heterocycles. The van der Waals surface area contributed by atoms with Gasteiger partial charge in [-0.25, -0.2) is 0 Å². The Morgan fingerprint density at radius 1 is 1.22 bits per heavy atom. The van der Waals surface area contributed by atoms with Crippen molar-refractivity contribution in [1.29, 1.82) is 0 Å². The molecule has 18 heavy (non-hydrogen) atoms. The van der Waals surface area contributed by atoms with E-state index >= 15 is 0 Å². The molecule has 0 bridgehead atoms. The maximum absolute atomic E-state index is 12.8. The van der Waals surface area contributed by atoms with E-state index in [0.29, 0.717) is 17.6 Å². The molecular weight excluding hydrogens is 239 g/mol. The van der Waals surface area contributed by atoms with Gasteiger partial charge in [-0.1, -0.05) is 19.4 Å². The average Bonchev–Trinajstić information content (AvgIpc) is 2.66. The predicted molar refractivity (Wildman–Crippen MR) is 66.6 cm³/mol. The molecule has 0 aromatic heterocycles. The van der Waals surface area contributed by atoms with Crippen LogP contribution in [0.2, 0.25) is 0 Å². The number of nitrogens with one attached hydrogen (secondary N) is 1. The van der Waals surface area contributed by atoms with Gasteiger partial charge < -0.3 is 5.32 Å². The Kier molecular flexibility index (Phi) is 3.55. The number of aryl methyl sites for hydroxylation is 1. The molecule has 1 fully saturated rings. The summed E-state index contributed by atoms with van der Waals surface area (Å²) in [5.74, 6) is 0.528. The van der Waals surface area contributed by atoms with E-state index in [1.165, 1.54) is 19.1 Å². The third-order valence-corrected chi connectivity index (χ3v) is 3.76. The predicted octanol–water partition coefficient (Wildman–Crippen LogP) is 4.61. The Morgan fingerprint density at radius 2 is 1.94 bits per heavy atom. The highest BCUT2D eigenvalue weighted by Gasteiger charge is 2.33. The summed E-state index contributed by atoms with van der Waals surface area (Å²) in [5.41, 5.74) is 0.303. The van der Waals surface area contributed by atoms with Crippen LogP contribution in [0.5, 0.6) is 0 Å². The van der Waals surface area contributed by atoms with E-state index in [1.54, 1.807) is 6.07 Å². The van der Waals surface area contributed by atoms with Crippen LogP contribution >= 0.6 is 0 Å². The first-order valence-corrected chi connectivity index (χ1v) is 6.32.